The highest BCUT2D eigenvalue weighted by Gasteiger charge is 2.44. The number of imide groups is 1. The fourth-order valence-corrected chi connectivity index (χ4v) is 4.17. The van der Waals surface area contributed by atoms with E-state index in [-0.39, 0.29) is 41.8 Å². The summed E-state index contributed by atoms with van der Waals surface area (Å²) in [6, 6.07) is 6.31. The number of carbonyl (C=O) groups excluding carboxylic acids is 4. The molecule has 2 atom stereocenters. The van der Waals surface area contributed by atoms with E-state index in [2.05, 4.69) is 5.32 Å². The van der Waals surface area contributed by atoms with Gasteiger partial charge in [0.25, 0.3) is 11.8 Å². The molecule has 2 aromatic carbocycles. The van der Waals surface area contributed by atoms with Crippen LogP contribution in [0.2, 0.25) is 0 Å². The van der Waals surface area contributed by atoms with Gasteiger partial charge in [-0.05, 0) is 36.2 Å². The van der Waals surface area contributed by atoms with E-state index >= 15 is 0 Å². The third kappa shape index (κ3) is 4.33. The lowest BCUT2D eigenvalue weighted by Gasteiger charge is -2.29. The van der Waals surface area contributed by atoms with Crippen molar-refractivity contribution in [2.24, 2.45) is 0 Å². The minimum Gasteiger partial charge on any atom is -0.496 e. The lowest BCUT2D eigenvalue weighted by Crippen LogP contribution is -2.52. The van der Waals surface area contributed by atoms with Gasteiger partial charge < -0.3 is 15.0 Å². The fourth-order valence-electron chi connectivity index (χ4n) is 4.17. The molecular formula is C23H20F3N3O5. The van der Waals surface area contributed by atoms with Gasteiger partial charge in [-0.3, -0.25) is 24.5 Å². The predicted octanol–water partition coefficient (Wildman–Crippen LogP) is 2.49. The maximum Gasteiger partial charge on any atom is 0.413 e. The number of fused-ring (bicyclic) bond motifs is 1. The maximum atomic E-state index is 13.8. The normalized spacial score (nSPS) is 18.9. The van der Waals surface area contributed by atoms with Crippen molar-refractivity contribution in [1.29, 1.82) is 0 Å². The van der Waals surface area contributed by atoms with E-state index in [1.807, 2.05) is 5.32 Å². The zero-order chi connectivity index (χ0) is 24.6. The summed E-state index contributed by atoms with van der Waals surface area (Å²) < 4.78 is 46.4. The number of nitrogens with one attached hydrogen (secondary N) is 2. The van der Waals surface area contributed by atoms with Gasteiger partial charge in [0.05, 0.1) is 7.11 Å². The lowest BCUT2D eigenvalue weighted by molar-refractivity contribution is -0.155. The molecule has 0 aliphatic carbocycles. The van der Waals surface area contributed by atoms with Crippen molar-refractivity contribution >= 4 is 23.6 Å². The maximum absolute atomic E-state index is 13.8. The standard InChI is InChI=1S/C23H20F3N3O5/c1-34-17-5-3-2-4-15(17)19(23(24,25)26)28-20(31)12-6-7-14-13(10-12)11-29(22(14)33)16-8-9-18(30)27-21(16)32/h2-7,10,16,19H,8-9,11H2,1H3,(H,28,31)(H,27,30,32)/t16?,19-/m1/s1. The van der Waals surface area contributed by atoms with Crippen LogP contribution in [0.15, 0.2) is 42.5 Å². The van der Waals surface area contributed by atoms with Gasteiger partial charge in [-0.2, -0.15) is 13.2 Å². The van der Waals surface area contributed by atoms with Crippen LogP contribution in [0.25, 0.3) is 0 Å². The first-order chi connectivity index (χ1) is 16.1. The second-order valence-electron chi connectivity index (χ2n) is 7.96. The van der Waals surface area contributed by atoms with Gasteiger partial charge in [-0.15, -0.1) is 0 Å². The monoisotopic (exact) mass is 475 g/mol. The Balaban J connectivity index is 1.56. The summed E-state index contributed by atoms with van der Waals surface area (Å²) in [4.78, 5) is 50.4. The van der Waals surface area contributed by atoms with Gasteiger partial charge in [0.15, 0.2) is 6.04 Å². The van der Waals surface area contributed by atoms with Crippen LogP contribution in [-0.4, -0.2) is 47.9 Å². The molecule has 0 saturated carbocycles. The molecule has 4 rings (SSSR count). The zero-order valence-electron chi connectivity index (χ0n) is 17.9. The van der Waals surface area contributed by atoms with Gasteiger partial charge in [0, 0.05) is 29.7 Å². The van der Waals surface area contributed by atoms with Crippen molar-refractivity contribution in [2.75, 3.05) is 7.11 Å². The number of hydrogen-bond acceptors (Lipinski definition) is 5. The first-order valence-electron chi connectivity index (χ1n) is 10.4. The van der Waals surface area contributed by atoms with E-state index in [1.165, 1.54) is 54.5 Å². The summed E-state index contributed by atoms with van der Waals surface area (Å²) in [5.74, 6) is -2.45. The summed E-state index contributed by atoms with van der Waals surface area (Å²) >= 11 is 0. The highest BCUT2D eigenvalue weighted by molar-refractivity contribution is 6.06. The lowest BCUT2D eigenvalue weighted by atomic mass is 10.0. The number of hydrogen-bond donors (Lipinski definition) is 2. The Morgan fingerprint density at radius 2 is 1.91 bits per heavy atom. The van der Waals surface area contributed by atoms with E-state index in [0.717, 1.165) is 0 Å². The van der Waals surface area contributed by atoms with Gasteiger partial charge in [0.2, 0.25) is 11.8 Å². The van der Waals surface area contributed by atoms with Crippen LogP contribution >= 0.6 is 0 Å². The molecule has 178 valence electrons. The number of para-hydroxylation sites is 1. The van der Waals surface area contributed by atoms with Crippen LogP contribution in [0, 0.1) is 0 Å². The summed E-state index contributed by atoms with van der Waals surface area (Å²) in [7, 11) is 1.24. The number of piperidine rings is 1. The Bertz CT molecular complexity index is 1180. The zero-order valence-corrected chi connectivity index (χ0v) is 17.9. The largest absolute Gasteiger partial charge is 0.496 e. The van der Waals surface area contributed by atoms with E-state index in [1.54, 1.807) is 0 Å². The molecule has 2 aromatic rings. The second-order valence-corrected chi connectivity index (χ2v) is 7.96. The third-order valence-corrected chi connectivity index (χ3v) is 5.84. The van der Waals surface area contributed by atoms with Gasteiger partial charge in [0.1, 0.15) is 11.8 Å². The van der Waals surface area contributed by atoms with E-state index in [9.17, 15) is 32.3 Å². The molecular weight excluding hydrogens is 455 g/mol. The van der Waals surface area contributed by atoms with Crippen molar-refractivity contribution < 1.29 is 37.1 Å². The minimum absolute atomic E-state index is 0.00320. The minimum atomic E-state index is -4.79. The van der Waals surface area contributed by atoms with E-state index in [4.69, 9.17) is 4.74 Å². The number of nitrogens with zero attached hydrogens (tertiary/aromatic N) is 1. The van der Waals surface area contributed by atoms with Crippen molar-refractivity contribution in [3.63, 3.8) is 0 Å². The fraction of sp³-hybridized carbons (Fsp3) is 0.304. The topological polar surface area (TPSA) is 105 Å². The number of methoxy groups -OCH3 is 1. The Kier molecular flexibility index (Phi) is 6.03. The number of halogens is 3. The van der Waals surface area contributed by atoms with Crippen molar-refractivity contribution in [3.8, 4) is 5.75 Å². The van der Waals surface area contributed by atoms with Crippen LogP contribution in [-0.2, 0) is 16.1 Å². The molecule has 8 nitrogen and oxygen atoms in total. The molecule has 34 heavy (non-hydrogen) atoms. The number of ether oxygens (including phenoxy) is 1. The van der Waals surface area contributed by atoms with Crippen molar-refractivity contribution in [1.82, 2.24) is 15.5 Å². The molecule has 0 spiro atoms. The van der Waals surface area contributed by atoms with E-state index < -0.39 is 41.9 Å². The average molecular weight is 475 g/mol. The summed E-state index contributed by atoms with van der Waals surface area (Å²) in [5.41, 5.74) is 0.341. The molecule has 2 N–H and O–H groups in total. The molecule has 1 saturated heterocycles. The predicted molar refractivity (Wildman–Crippen MR) is 112 cm³/mol. The Morgan fingerprint density at radius 3 is 2.59 bits per heavy atom. The highest BCUT2D eigenvalue weighted by atomic mass is 19.4. The third-order valence-electron chi connectivity index (χ3n) is 5.84. The SMILES string of the molecule is COc1ccccc1[C@@H](NC(=O)c1ccc2c(c1)CN(C1CCC(=O)NC1=O)C2=O)C(F)(F)F. The molecule has 0 aromatic heterocycles. The number of rotatable bonds is 5. The number of amides is 4. The number of carbonyl (C=O) groups is 4. The first-order valence-corrected chi connectivity index (χ1v) is 10.4. The van der Waals surface area contributed by atoms with Crippen LogP contribution in [0.5, 0.6) is 5.75 Å². The summed E-state index contributed by atoms with van der Waals surface area (Å²) in [6.45, 7) is -0.00320. The Labute approximate surface area is 192 Å². The molecule has 1 fully saturated rings. The van der Waals surface area contributed by atoms with Crippen LogP contribution < -0.4 is 15.4 Å². The smallest absolute Gasteiger partial charge is 0.413 e. The van der Waals surface area contributed by atoms with E-state index in [0.29, 0.717) is 5.56 Å². The molecule has 0 bridgehead atoms. The van der Waals surface area contributed by atoms with Crippen molar-refractivity contribution in [3.05, 3.63) is 64.7 Å². The van der Waals surface area contributed by atoms with Crippen LogP contribution in [0.4, 0.5) is 13.2 Å². The van der Waals surface area contributed by atoms with Gasteiger partial charge >= 0.3 is 6.18 Å². The Hall–Kier alpha value is -3.89. The van der Waals surface area contributed by atoms with Gasteiger partial charge in [-0.25, -0.2) is 0 Å². The highest BCUT2D eigenvalue weighted by Crippen LogP contribution is 2.37. The van der Waals surface area contributed by atoms with Crippen LogP contribution in [0.1, 0.15) is 50.7 Å². The molecule has 4 amide bonds. The quantitative estimate of drug-likeness (QED) is 0.647. The molecule has 1 unspecified atom stereocenters. The Morgan fingerprint density at radius 1 is 1.18 bits per heavy atom. The molecule has 2 aliphatic rings. The molecule has 11 heteroatoms. The summed E-state index contributed by atoms with van der Waals surface area (Å²) in [5, 5.41) is 4.20. The van der Waals surface area contributed by atoms with Gasteiger partial charge in [-0.1, -0.05) is 18.2 Å². The molecule has 2 heterocycles. The molecule has 2 aliphatic heterocycles. The first kappa shape index (κ1) is 23.3. The van der Waals surface area contributed by atoms with Crippen LogP contribution in [0.3, 0.4) is 0 Å². The second kappa shape index (κ2) is 8.81. The number of benzene rings is 2. The van der Waals surface area contributed by atoms with Crippen molar-refractivity contribution in [2.45, 2.75) is 37.6 Å². The summed E-state index contributed by atoms with van der Waals surface area (Å²) in [6.07, 6.45) is -4.53. The number of alkyl halides is 3. The molecule has 0 radical (unpaired) electrons. The average Bonchev–Trinajstić information content (AvgIpc) is 3.12.